The van der Waals surface area contributed by atoms with Gasteiger partial charge in [-0.1, -0.05) is 25.3 Å². The first-order valence-electron chi connectivity index (χ1n) is 14.6. The average molecular weight is 597 g/mol. The number of allylic oxidation sites excluding steroid dienone is 2. The third-order valence-electron chi connectivity index (χ3n) is 8.58. The van der Waals surface area contributed by atoms with Gasteiger partial charge in [-0.3, -0.25) is 9.80 Å². The van der Waals surface area contributed by atoms with Crippen LogP contribution in [0.5, 0.6) is 0 Å². The van der Waals surface area contributed by atoms with Crippen molar-refractivity contribution in [3.8, 4) is 11.1 Å². The van der Waals surface area contributed by atoms with Gasteiger partial charge in [-0.2, -0.15) is 13.2 Å². The van der Waals surface area contributed by atoms with Crippen LogP contribution in [0.25, 0.3) is 11.1 Å². The minimum absolute atomic E-state index is 0.0742. The van der Waals surface area contributed by atoms with Crippen molar-refractivity contribution >= 4 is 11.4 Å². The van der Waals surface area contributed by atoms with E-state index in [1.165, 1.54) is 12.3 Å². The number of benzene rings is 2. The summed E-state index contributed by atoms with van der Waals surface area (Å²) in [6.07, 6.45) is -2.35. The first-order valence-corrected chi connectivity index (χ1v) is 14.6. The number of dihydropyridines is 1. The van der Waals surface area contributed by atoms with E-state index in [9.17, 15) is 13.2 Å². The van der Waals surface area contributed by atoms with E-state index in [-0.39, 0.29) is 34.9 Å². The van der Waals surface area contributed by atoms with Crippen molar-refractivity contribution in [2.45, 2.75) is 38.7 Å². The van der Waals surface area contributed by atoms with Gasteiger partial charge in [-0.25, -0.2) is 4.39 Å². The fourth-order valence-corrected chi connectivity index (χ4v) is 5.95. The van der Waals surface area contributed by atoms with Gasteiger partial charge in [0, 0.05) is 86.6 Å². The Kier molecular flexibility index (Phi) is 9.01. The maximum absolute atomic E-state index is 15.3. The third-order valence-corrected chi connectivity index (χ3v) is 8.58. The first-order chi connectivity index (χ1) is 20.4. The van der Waals surface area contributed by atoms with E-state index in [1.807, 2.05) is 30.3 Å². The van der Waals surface area contributed by atoms with E-state index in [0.717, 1.165) is 56.6 Å². The highest BCUT2D eigenvalue weighted by molar-refractivity contribution is 5.81. The van der Waals surface area contributed by atoms with E-state index in [0.29, 0.717) is 23.4 Å². The van der Waals surface area contributed by atoms with Gasteiger partial charge >= 0.3 is 6.18 Å². The number of halogens is 4. The van der Waals surface area contributed by atoms with Crippen molar-refractivity contribution in [3.63, 3.8) is 0 Å². The van der Waals surface area contributed by atoms with Gasteiger partial charge in [0.2, 0.25) is 0 Å². The smallest absolute Gasteiger partial charge is 0.367 e. The lowest BCUT2D eigenvalue weighted by atomic mass is 9.98. The molecule has 2 fully saturated rings. The Morgan fingerprint density at radius 3 is 2.42 bits per heavy atom. The van der Waals surface area contributed by atoms with Crippen LogP contribution in [0.15, 0.2) is 84.4 Å². The Bertz CT molecular complexity index is 1430. The van der Waals surface area contributed by atoms with Crippen LogP contribution in [0, 0.1) is 5.82 Å². The number of nitrogens with one attached hydrogen (secondary N) is 3. The van der Waals surface area contributed by atoms with Crippen LogP contribution in [0.3, 0.4) is 0 Å². The first kappa shape index (κ1) is 30.8. The summed E-state index contributed by atoms with van der Waals surface area (Å²) in [6, 6.07) is 11.3. The standard InChI is InChI=1S/C33H40F4N6/c1-21-14-29(33(35,36)37)28(17-39-21)24(4)40-31-16-26(7-9-32(31)43-18-22(2)41(5)23(3)19-43)27-15-25(6-8-30(27)34)20-42-12-10-38-11-13-42/h6-9,14-17,22-23,38-40H,1,4,10-13,18-20H2,2-3,5H3. The van der Waals surface area contributed by atoms with Crippen LogP contribution in [-0.2, 0) is 6.54 Å². The molecule has 0 saturated carbocycles. The van der Waals surface area contributed by atoms with Gasteiger partial charge < -0.3 is 20.9 Å². The van der Waals surface area contributed by atoms with Crippen molar-refractivity contribution in [2.24, 2.45) is 0 Å². The molecule has 2 saturated heterocycles. The highest BCUT2D eigenvalue weighted by Gasteiger charge is 2.38. The van der Waals surface area contributed by atoms with Crippen LogP contribution in [0.4, 0.5) is 28.9 Å². The second-order valence-electron chi connectivity index (χ2n) is 11.7. The maximum Gasteiger partial charge on any atom is 0.417 e. The second kappa shape index (κ2) is 12.6. The fourth-order valence-electron chi connectivity index (χ4n) is 5.95. The summed E-state index contributed by atoms with van der Waals surface area (Å²) < 4.78 is 57.3. The number of hydrogen-bond acceptors (Lipinski definition) is 6. The number of piperazine rings is 2. The van der Waals surface area contributed by atoms with Gasteiger partial charge in [0.15, 0.2) is 0 Å². The highest BCUT2D eigenvalue weighted by atomic mass is 19.4. The quantitative estimate of drug-likeness (QED) is 0.349. The summed E-state index contributed by atoms with van der Waals surface area (Å²) in [6.45, 7) is 17.8. The Balaban J connectivity index is 1.51. The van der Waals surface area contributed by atoms with E-state index in [4.69, 9.17) is 0 Å². The zero-order chi connectivity index (χ0) is 30.9. The summed E-state index contributed by atoms with van der Waals surface area (Å²) in [4.78, 5) is 6.86. The molecule has 230 valence electrons. The summed E-state index contributed by atoms with van der Waals surface area (Å²) in [5.74, 6) is -0.358. The summed E-state index contributed by atoms with van der Waals surface area (Å²) >= 11 is 0. The van der Waals surface area contributed by atoms with Crippen molar-refractivity contribution in [1.29, 1.82) is 0 Å². The van der Waals surface area contributed by atoms with Crippen LogP contribution in [0.1, 0.15) is 19.4 Å². The molecule has 0 bridgehead atoms. The molecule has 10 heteroatoms. The Hall–Kier alpha value is -3.60. The van der Waals surface area contributed by atoms with E-state index >= 15 is 4.39 Å². The van der Waals surface area contributed by atoms with Gasteiger partial charge in [0.25, 0.3) is 0 Å². The second-order valence-corrected chi connectivity index (χ2v) is 11.7. The molecule has 2 aromatic rings. The molecule has 3 heterocycles. The van der Waals surface area contributed by atoms with Gasteiger partial charge in [-0.05, 0) is 62.4 Å². The summed E-state index contributed by atoms with van der Waals surface area (Å²) in [7, 11) is 2.09. The lowest BCUT2D eigenvalue weighted by Gasteiger charge is -2.44. The van der Waals surface area contributed by atoms with Crippen LogP contribution < -0.4 is 20.9 Å². The molecule has 2 unspecified atom stereocenters. The fraction of sp³-hybridized carbons (Fsp3) is 0.394. The molecule has 2 atom stereocenters. The van der Waals surface area contributed by atoms with Crippen LogP contribution in [-0.4, -0.2) is 74.4 Å². The molecule has 2 aromatic carbocycles. The lowest BCUT2D eigenvalue weighted by molar-refractivity contribution is -0.0893. The molecule has 3 N–H and O–H groups in total. The number of alkyl halides is 3. The van der Waals surface area contributed by atoms with Gasteiger partial charge in [0.05, 0.1) is 16.9 Å². The topological polar surface area (TPSA) is 45.8 Å². The van der Waals surface area contributed by atoms with Crippen LogP contribution >= 0.6 is 0 Å². The Labute approximate surface area is 251 Å². The molecule has 0 aliphatic carbocycles. The van der Waals surface area contributed by atoms with E-state index < -0.39 is 11.7 Å². The number of rotatable bonds is 7. The zero-order valence-corrected chi connectivity index (χ0v) is 25.0. The lowest BCUT2D eigenvalue weighted by Crippen LogP contribution is -2.55. The van der Waals surface area contributed by atoms with E-state index in [1.54, 1.807) is 0 Å². The molecule has 0 aromatic heterocycles. The minimum atomic E-state index is -4.59. The Morgan fingerprint density at radius 1 is 1.05 bits per heavy atom. The van der Waals surface area contributed by atoms with Crippen molar-refractivity contribution in [1.82, 2.24) is 20.4 Å². The van der Waals surface area contributed by atoms with Crippen molar-refractivity contribution in [3.05, 3.63) is 95.8 Å². The number of likely N-dealkylation sites (N-methyl/N-ethyl adjacent to an activating group) is 1. The molecule has 3 aliphatic rings. The van der Waals surface area contributed by atoms with Crippen molar-refractivity contribution in [2.75, 3.05) is 56.5 Å². The molecule has 0 amide bonds. The molecule has 43 heavy (non-hydrogen) atoms. The summed E-state index contributed by atoms with van der Waals surface area (Å²) in [5.41, 5.74) is 2.73. The molecule has 0 spiro atoms. The third kappa shape index (κ3) is 6.98. The average Bonchev–Trinajstić information content (AvgIpc) is 2.96. The monoisotopic (exact) mass is 596 g/mol. The summed E-state index contributed by atoms with van der Waals surface area (Å²) in [5, 5.41) is 9.30. The van der Waals surface area contributed by atoms with Crippen LogP contribution in [0.2, 0.25) is 0 Å². The Morgan fingerprint density at radius 2 is 1.74 bits per heavy atom. The number of anilines is 2. The SMILES string of the molecule is C=C1C=C(C(F)(F)F)C(C(=C)Nc2cc(-c3cc(CN4CCNCC4)ccc3F)ccc2N2CC(C)N(C)C(C)C2)=CN1. The van der Waals surface area contributed by atoms with Gasteiger partial charge in [0.1, 0.15) is 5.82 Å². The molecule has 5 rings (SSSR count). The number of nitrogens with zero attached hydrogens (tertiary/aromatic N) is 3. The predicted octanol–water partition coefficient (Wildman–Crippen LogP) is 5.84. The molecule has 0 radical (unpaired) electrons. The maximum atomic E-state index is 15.3. The van der Waals surface area contributed by atoms with E-state index in [2.05, 4.69) is 64.7 Å². The minimum Gasteiger partial charge on any atom is -0.367 e. The zero-order valence-electron chi connectivity index (χ0n) is 25.0. The molecular formula is C33H40F4N6. The normalized spacial score (nSPS) is 22.1. The predicted molar refractivity (Wildman–Crippen MR) is 166 cm³/mol. The number of hydrogen-bond donors (Lipinski definition) is 3. The molecular weight excluding hydrogens is 556 g/mol. The highest BCUT2D eigenvalue weighted by Crippen LogP contribution is 2.39. The largest absolute Gasteiger partial charge is 0.417 e. The molecule has 6 nitrogen and oxygen atoms in total. The molecule has 3 aliphatic heterocycles. The van der Waals surface area contributed by atoms with Gasteiger partial charge in [-0.15, -0.1) is 0 Å². The van der Waals surface area contributed by atoms with Crippen molar-refractivity contribution < 1.29 is 17.6 Å².